The number of amides is 1. The molecule has 0 bridgehead atoms. The van der Waals surface area contributed by atoms with Crippen molar-refractivity contribution in [1.29, 1.82) is 0 Å². The second-order valence-corrected chi connectivity index (χ2v) is 5.34. The number of rotatable bonds is 2. The first-order valence-electron chi connectivity index (χ1n) is 7.18. The first kappa shape index (κ1) is 13.6. The van der Waals surface area contributed by atoms with Crippen molar-refractivity contribution in [2.75, 3.05) is 13.1 Å². The van der Waals surface area contributed by atoms with E-state index in [1.54, 1.807) is 13.1 Å². The van der Waals surface area contributed by atoms with Gasteiger partial charge in [0.2, 0.25) is 0 Å². The third kappa shape index (κ3) is 2.74. The minimum absolute atomic E-state index is 0.0508. The van der Waals surface area contributed by atoms with Gasteiger partial charge < -0.3 is 4.90 Å². The molecule has 1 N–H and O–H groups in total. The number of H-pyrrole nitrogens is 1. The molecule has 1 saturated heterocycles. The normalized spacial score (nSPS) is 15.2. The van der Waals surface area contributed by atoms with Gasteiger partial charge in [-0.05, 0) is 31.4 Å². The Morgan fingerprint density at radius 2 is 2.00 bits per heavy atom. The molecular formula is C15H18N4O2. The van der Waals surface area contributed by atoms with E-state index in [-0.39, 0.29) is 11.6 Å². The molecule has 6 nitrogen and oxygen atoms in total. The number of carbonyl (C=O) groups is 1. The lowest BCUT2D eigenvalue weighted by molar-refractivity contribution is 0.0724. The van der Waals surface area contributed by atoms with Crippen LogP contribution in [0.15, 0.2) is 29.1 Å². The fourth-order valence-electron chi connectivity index (χ4n) is 2.61. The van der Waals surface area contributed by atoms with Crippen LogP contribution in [0.3, 0.4) is 0 Å². The van der Waals surface area contributed by atoms with Crippen molar-refractivity contribution in [1.82, 2.24) is 19.7 Å². The molecule has 0 atom stereocenters. The Kier molecular flexibility index (Phi) is 3.60. The van der Waals surface area contributed by atoms with Gasteiger partial charge in [0.05, 0.1) is 0 Å². The summed E-state index contributed by atoms with van der Waals surface area (Å²) in [5, 5.41) is 4.12. The number of likely N-dealkylation sites (tertiary alicyclic amines) is 1. The number of aromatic amines is 1. The summed E-state index contributed by atoms with van der Waals surface area (Å²) in [6, 6.07) is 7.25. The fourth-order valence-corrected chi connectivity index (χ4v) is 2.61. The Bertz CT molecular complexity index is 710. The number of nitrogens with one attached hydrogen (secondary N) is 1. The lowest BCUT2D eigenvalue weighted by atomic mass is 10.1. The number of piperidine rings is 1. The molecule has 3 rings (SSSR count). The predicted octanol–water partition coefficient (Wildman–Crippen LogP) is 1.40. The molecule has 0 radical (unpaired) electrons. The van der Waals surface area contributed by atoms with Gasteiger partial charge in [-0.1, -0.05) is 12.1 Å². The summed E-state index contributed by atoms with van der Waals surface area (Å²) >= 11 is 0. The highest BCUT2D eigenvalue weighted by atomic mass is 16.2. The van der Waals surface area contributed by atoms with Crippen LogP contribution in [0.5, 0.6) is 0 Å². The highest BCUT2D eigenvalue weighted by molar-refractivity contribution is 5.95. The zero-order valence-electron chi connectivity index (χ0n) is 12.0. The highest BCUT2D eigenvalue weighted by Crippen LogP contribution is 2.18. The van der Waals surface area contributed by atoms with Crippen LogP contribution in [0, 0.1) is 0 Å². The molecule has 1 aliphatic rings. The molecule has 0 spiro atoms. The summed E-state index contributed by atoms with van der Waals surface area (Å²) in [6.07, 6.45) is 3.33. The highest BCUT2D eigenvalue weighted by Gasteiger charge is 2.18. The van der Waals surface area contributed by atoms with Gasteiger partial charge in [0, 0.05) is 31.3 Å². The van der Waals surface area contributed by atoms with E-state index in [0.717, 1.165) is 31.5 Å². The molecule has 0 unspecified atom stereocenters. The monoisotopic (exact) mass is 286 g/mol. The minimum Gasteiger partial charge on any atom is -0.339 e. The van der Waals surface area contributed by atoms with Gasteiger partial charge in [0.15, 0.2) is 5.82 Å². The molecule has 1 amide bonds. The third-order valence-corrected chi connectivity index (χ3v) is 3.80. The lowest BCUT2D eigenvalue weighted by Gasteiger charge is -2.26. The Balaban J connectivity index is 1.89. The van der Waals surface area contributed by atoms with Gasteiger partial charge >= 0.3 is 5.69 Å². The van der Waals surface area contributed by atoms with E-state index < -0.39 is 0 Å². The maximum Gasteiger partial charge on any atom is 0.343 e. The molecule has 1 aliphatic heterocycles. The predicted molar refractivity (Wildman–Crippen MR) is 79.0 cm³/mol. The van der Waals surface area contributed by atoms with Gasteiger partial charge in [-0.15, -0.1) is 0 Å². The molecule has 0 aliphatic carbocycles. The Labute approximate surface area is 122 Å². The Morgan fingerprint density at radius 3 is 2.67 bits per heavy atom. The standard InChI is InChI=1S/C15H18N4O2/c1-18-15(21)16-13(17-18)11-6-5-7-12(10-11)14(20)19-8-3-2-4-9-19/h5-7,10H,2-4,8-9H2,1H3,(H,16,17,21). The van der Waals surface area contributed by atoms with E-state index in [1.807, 2.05) is 23.1 Å². The van der Waals surface area contributed by atoms with Gasteiger partial charge in [-0.2, -0.15) is 5.10 Å². The molecular weight excluding hydrogens is 268 g/mol. The Morgan fingerprint density at radius 1 is 1.24 bits per heavy atom. The fraction of sp³-hybridized carbons (Fsp3) is 0.400. The maximum absolute atomic E-state index is 12.5. The van der Waals surface area contributed by atoms with Crippen LogP contribution in [-0.2, 0) is 7.05 Å². The van der Waals surface area contributed by atoms with Gasteiger partial charge in [0.1, 0.15) is 0 Å². The number of aryl methyl sites for hydroxylation is 1. The SMILES string of the molecule is Cn1nc(-c2cccc(C(=O)N3CCCCC3)c2)[nH]c1=O. The van der Waals surface area contributed by atoms with E-state index in [1.165, 1.54) is 11.1 Å². The third-order valence-electron chi connectivity index (χ3n) is 3.80. The molecule has 1 aromatic carbocycles. The number of hydrogen-bond acceptors (Lipinski definition) is 3. The zero-order valence-corrected chi connectivity index (χ0v) is 12.0. The van der Waals surface area contributed by atoms with Gasteiger partial charge in [0.25, 0.3) is 5.91 Å². The molecule has 0 saturated carbocycles. The van der Waals surface area contributed by atoms with E-state index in [9.17, 15) is 9.59 Å². The number of aromatic nitrogens is 3. The van der Waals surface area contributed by atoms with E-state index in [0.29, 0.717) is 11.4 Å². The number of carbonyl (C=O) groups excluding carboxylic acids is 1. The maximum atomic E-state index is 12.5. The summed E-state index contributed by atoms with van der Waals surface area (Å²) in [7, 11) is 1.59. The first-order chi connectivity index (χ1) is 10.1. The second-order valence-electron chi connectivity index (χ2n) is 5.34. The Hall–Kier alpha value is -2.37. The van der Waals surface area contributed by atoms with E-state index >= 15 is 0 Å². The summed E-state index contributed by atoms with van der Waals surface area (Å²) in [6.45, 7) is 1.65. The number of nitrogens with zero attached hydrogens (tertiary/aromatic N) is 3. The van der Waals surface area contributed by atoms with Crippen molar-refractivity contribution in [3.8, 4) is 11.4 Å². The van der Waals surface area contributed by atoms with Crippen LogP contribution in [0.1, 0.15) is 29.6 Å². The van der Waals surface area contributed by atoms with Crippen molar-refractivity contribution in [3.63, 3.8) is 0 Å². The lowest BCUT2D eigenvalue weighted by Crippen LogP contribution is -2.35. The van der Waals surface area contributed by atoms with Crippen molar-refractivity contribution in [3.05, 3.63) is 40.3 Å². The minimum atomic E-state index is -0.266. The van der Waals surface area contributed by atoms with Crippen LogP contribution in [-0.4, -0.2) is 38.7 Å². The summed E-state index contributed by atoms with van der Waals surface area (Å²) < 4.78 is 1.24. The summed E-state index contributed by atoms with van der Waals surface area (Å²) in [5.41, 5.74) is 1.12. The molecule has 6 heteroatoms. The van der Waals surface area contributed by atoms with Crippen LogP contribution in [0.4, 0.5) is 0 Å². The quantitative estimate of drug-likeness (QED) is 0.907. The van der Waals surface area contributed by atoms with Crippen LogP contribution in [0.2, 0.25) is 0 Å². The van der Waals surface area contributed by atoms with Crippen molar-refractivity contribution in [2.24, 2.45) is 7.05 Å². The van der Waals surface area contributed by atoms with E-state index in [4.69, 9.17) is 0 Å². The van der Waals surface area contributed by atoms with Crippen LogP contribution >= 0.6 is 0 Å². The average molecular weight is 286 g/mol. The van der Waals surface area contributed by atoms with Crippen molar-refractivity contribution < 1.29 is 4.79 Å². The second kappa shape index (κ2) is 5.55. The topological polar surface area (TPSA) is 71.0 Å². The van der Waals surface area contributed by atoms with Crippen LogP contribution < -0.4 is 5.69 Å². The van der Waals surface area contributed by atoms with E-state index in [2.05, 4.69) is 10.1 Å². The van der Waals surface area contributed by atoms with Gasteiger partial charge in [-0.25, -0.2) is 9.48 Å². The molecule has 1 fully saturated rings. The number of benzene rings is 1. The molecule has 2 aromatic rings. The van der Waals surface area contributed by atoms with Crippen molar-refractivity contribution in [2.45, 2.75) is 19.3 Å². The van der Waals surface area contributed by atoms with Gasteiger partial charge in [-0.3, -0.25) is 9.78 Å². The summed E-state index contributed by atoms with van der Waals surface area (Å²) in [4.78, 5) is 28.5. The first-order valence-corrected chi connectivity index (χ1v) is 7.18. The molecule has 1 aromatic heterocycles. The zero-order chi connectivity index (χ0) is 14.8. The van der Waals surface area contributed by atoms with Crippen LogP contribution in [0.25, 0.3) is 11.4 Å². The average Bonchev–Trinajstić information content (AvgIpc) is 2.87. The smallest absolute Gasteiger partial charge is 0.339 e. The summed E-state index contributed by atoms with van der Waals surface area (Å²) in [5.74, 6) is 0.533. The largest absolute Gasteiger partial charge is 0.343 e. The van der Waals surface area contributed by atoms with Crippen molar-refractivity contribution >= 4 is 5.91 Å². The molecule has 110 valence electrons. The molecule has 21 heavy (non-hydrogen) atoms. The molecule has 2 heterocycles. The number of hydrogen-bond donors (Lipinski definition) is 1.